The van der Waals surface area contributed by atoms with Gasteiger partial charge >= 0.3 is 6.09 Å². The van der Waals surface area contributed by atoms with E-state index in [1.165, 1.54) is 4.31 Å². The van der Waals surface area contributed by atoms with E-state index in [1.807, 2.05) is 37.3 Å². The number of hydrogen-bond donors (Lipinski definition) is 1. The van der Waals surface area contributed by atoms with Gasteiger partial charge in [-0.2, -0.15) is 0 Å². The van der Waals surface area contributed by atoms with Gasteiger partial charge in [-0.25, -0.2) is 18.2 Å². The van der Waals surface area contributed by atoms with Crippen molar-refractivity contribution in [3.63, 3.8) is 0 Å². The number of benzene rings is 3. The lowest BCUT2D eigenvalue weighted by atomic mass is 9.83. The van der Waals surface area contributed by atoms with Crippen LogP contribution in [0.25, 0.3) is 11.1 Å². The molecule has 0 spiro atoms. The average Bonchev–Trinajstić information content (AvgIpc) is 3.40. The highest BCUT2D eigenvalue weighted by Crippen LogP contribution is 2.36. The first-order valence-electron chi connectivity index (χ1n) is 13.5. The zero-order valence-corrected chi connectivity index (χ0v) is 24.3. The van der Waals surface area contributed by atoms with Crippen molar-refractivity contribution in [3.05, 3.63) is 96.4 Å². The molecule has 10 heteroatoms. The minimum Gasteiger partial charge on any atom is -0.445 e. The zero-order valence-electron chi connectivity index (χ0n) is 23.4. The number of sulfonamides is 1. The number of fused-ring (bicyclic) bond motifs is 1. The lowest BCUT2D eigenvalue weighted by Gasteiger charge is -2.36. The molecule has 0 fully saturated rings. The van der Waals surface area contributed by atoms with Gasteiger partial charge in [0.25, 0.3) is 5.89 Å². The molecule has 1 aromatic heterocycles. The third-order valence-corrected chi connectivity index (χ3v) is 9.24. The van der Waals surface area contributed by atoms with E-state index in [2.05, 4.69) is 10.3 Å². The third-order valence-electron chi connectivity index (χ3n) is 6.78. The Bertz CT molecular complexity index is 1540. The van der Waals surface area contributed by atoms with Crippen LogP contribution in [0.4, 0.5) is 10.5 Å². The van der Waals surface area contributed by atoms with Crippen molar-refractivity contribution in [1.29, 1.82) is 0 Å². The number of carbonyl (C=O) groups is 2. The highest BCUT2D eigenvalue weighted by molar-refractivity contribution is 7.94. The first-order valence-corrected chi connectivity index (χ1v) is 15.0. The van der Waals surface area contributed by atoms with E-state index in [4.69, 9.17) is 9.15 Å². The highest BCUT2D eigenvalue weighted by Gasteiger charge is 2.49. The van der Waals surface area contributed by atoms with Gasteiger partial charge in [-0.15, -0.1) is 0 Å². The summed E-state index contributed by atoms with van der Waals surface area (Å²) >= 11 is 0. The number of nitrogens with one attached hydrogen (secondary N) is 1. The molecule has 1 heterocycles. The zero-order chi connectivity index (χ0) is 29.5. The van der Waals surface area contributed by atoms with E-state index >= 15 is 0 Å². The minimum atomic E-state index is -4.28. The van der Waals surface area contributed by atoms with E-state index in [9.17, 15) is 18.0 Å². The van der Waals surface area contributed by atoms with Gasteiger partial charge in [0.15, 0.2) is 10.8 Å². The summed E-state index contributed by atoms with van der Waals surface area (Å²) in [5, 5.41) is 1.14. The van der Waals surface area contributed by atoms with E-state index in [-0.39, 0.29) is 32.0 Å². The molecule has 9 nitrogen and oxygen atoms in total. The van der Waals surface area contributed by atoms with Crippen LogP contribution in [-0.4, -0.2) is 43.6 Å². The Kier molecular flexibility index (Phi) is 9.44. The number of rotatable bonds is 13. The van der Waals surface area contributed by atoms with Crippen LogP contribution in [0.5, 0.6) is 0 Å². The molecule has 0 aliphatic heterocycles. The predicted octanol–water partition coefficient (Wildman–Crippen LogP) is 5.97. The van der Waals surface area contributed by atoms with Crippen molar-refractivity contribution in [2.45, 2.75) is 45.5 Å². The van der Waals surface area contributed by atoms with Gasteiger partial charge in [0.2, 0.25) is 15.8 Å². The molecular weight excluding hydrogens is 542 g/mol. The molecule has 41 heavy (non-hydrogen) atoms. The molecule has 0 saturated heterocycles. The molecule has 3 aromatic carbocycles. The Balaban J connectivity index is 1.60. The molecule has 1 amide bonds. The summed E-state index contributed by atoms with van der Waals surface area (Å²) in [4.78, 5) is 30.7. The van der Waals surface area contributed by atoms with Gasteiger partial charge in [0.1, 0.15) is 12.1 Å². The molecule has 0 aliphatic carbocycles. The van der Waals surface area contributed by atoms with Crippen LogP contribution in [-0.2, 0) is 21.4 Å². The van der Waals surface area contributed by atoms with E-state index in [1.54, 1.807) is 68.4 Å². The van der Waals surface area contributed by atoms with Crippen LogP contribution < -0.4 is 9.62 Å². The summed E-state index contributed by atoms with van der Waals surface area (Å²) in [6, 6.07) is 24.9. The predicted molar refractivity (Wildman–Crippen MR) is 158 cm³/mol. The molecule has 4 aromatic rings. The van der Waals surface area contributed by atoms with Crippen LogP contribution in [0.1, 0.15) is 49.9 Å². The number of Topliss-reactive ketones (excluding diaryl/α,β-unsaturated/α-hetero) is 1. The fraction of sp³-hybridized carbons (Fsp3) is 0.323. The number of alkyl carbamates (subject to hydrolysis) is 1. The lowest BCUT2D eigenvalue weighted by molar-refractivity contribution is 0.0899. The Labute approximate surface area is 240 Å². The summed E-state index contributed by atoms with van der Waals surface area (Å²) in [5.74, 6) is -1.01. The lowest BCUT2D eigenvalue weighted by Crippen LogP contribution is -2.51. The molecule has 4 rings (SSSR count). The Morgan fingerprint density at radius 3 is 2.27 bits per heavy atom. The quantitative estimate of drug-likeness (QED) is 0.195. The van der Waals surface area contributed by atoms with Crippen LogP contribution in [0.3, 0.4) is 0 Å². The molecule has 0 saturated carbocycles. The van der Waals surface area contributed by atoms with E-state index < -0.39 is 32.6 Å². The molecular formula is C31H35N3O6S. The van der Waals surface area contributed by atoms with Crippen LogP contribution >= 0.6 is 0 Å². The maximum atomic E-state index is 14.4. The molecule has 1 N–H and O–H groups in total. The Morgan fingerprint density at radius 1 is 0.976 bits per heavy atom. The topological polar surface area (TPSA) is 119 Å². The average molecular weight is 578 g/mol. The minimum absolute atomic E-state index is 0.0899. The van der Waals surface area contributed by atoms with Crippen LogP contribution in [0, 0.1) is 5.41 Å². The second-order valence-electron chi connectivity index (χ2n) is 10.4. The number of ether oxygens (including phenoxy) is 1. The fourth-order valence-electron chi connectivity index (χ4n) is 4.70. The molecule has 0 unspecified atom stereocenters. The Morgan fingerprint density at radius 2 is 1.61 bits per heavy atom. The highest BCUT2D eigenvalue weighted by atomic mass is 32.2. The Hall–Kier alpha value is -4.18. The molecule has 0 bridgehead atoms. The first-order chi connectivity index (χ1) is 19.6. The molecule has 1 atom stereocenters. The summed E-state index contributed by atoms with van der Waals surface area (Å²) in [5.41, 5.74) is 1.02. The number of nitrogens with zero attached hydrogens (tertiary/aromatic N) is 2. The maximum absolute atomic E-state index is 14.4. The molecule has 0 aliphatic rings. The van der Waals surface area contributed by atoms with Gasteiger partial charge < -0.3 is 14.5 Å². The monoisotopic (exact) mass is 577 g/mol. The second-order valence-corrected chi connectivity index (χ2v) is 12.4. The SMILES string of the molecule is CCCN(c1ccccc1)S(=O)(=O)[C@H](C(=O)c1nc2ccccc2o1)C(C)(C)CCNC(=O)OCc1ccccc1. The number of aromatic nitrogens is 1. The van der Waals surface area contributed by atoms with Gasteiger partial charge in [-0.05, 0) is 48.1 Å². The van der Waals surface area contributed by atoms with Crippen molar-refractivity contribution in [3.8, 4) is 0 Å². The van der Waals surface area contributed by atoms with Crippen molar-refractivity contribution in [1.82, 2.24) is 10.3 Å². The van der Waals surface area contributed by atoms with Crippen molar-refractivity contribution >= 4 is 38.7 Å². The number of carbonyl (C=O) groups excluding carboxylic acids is 2. The van der Waals surface area contributed by atoms with Crippen molar-refractivity contribution in [2.75, 3.05) is 17.4 Å². The van der Waals surface area contributed by atoms with E-state index in [0.717, 1.165) is 5.56 Å². The normalized spacial score (nSPS) is 12.6. The van der Waals surface area contributed by atoms with Crippen molar-refractivity contribution in [2.24, 2.45) is 5.41 Å². The largest absolute Gasteiger partial charge is 0.445 e. The maximum Gasteiger partial charge on any atom is 0.407 e. The second kappa shape index (κ2) is 13.0. The number of anilines is 1. The smallest absolute Gasteiger partial charge is 0.407 e. The number of amides is 1. The van der Waals surface area contributed by atoms with Gasteiger partial charge in [-0.3, -0.25) is 9.10 Å². The number of para-hydroxylation sites is 3. The standard InChI is InChI=1S/C31H35N3O6S/c1-4-21-34(24-15-9-6-10-16-24)41(37,38)28(27(35)29-33-25-17-11-12-18-26(25)40-29)31(2,3)19-20-32-30(36)39-22-23-13-7-5-8-14-23/h5-18,28H,4,19-22H2,1-3H3,(H,32,36)/t28-/m1/s1. The number of ketones is 1. The number of hydrogen-bond acceptors (Lipinski definition) is 7. The summed E-state index contributed by atoms with van der Waals surface area (Å²) in [6.07, 6.45) is 0.0665. The van der Waals surface area contributed by atoms with Gasteiger partial charge in [0.05, 0.1) is 5.69 Å². The molecule has 0 radical (unpaired) electrons. The fourth-order valence-corrected chi connectivity index (χ4v) is 7.11. The van der Waals surface area contributed by atoms with Crippen LogP contribution in [0.2, 0.25) is 0 Å². The summed E-state index contributed by atoms with van der Waals surface area (Å²) in [6.45, 7) is 5.64. The van der Waals surface area contributed by atoms with Crippen molar-refractivity contribution < 1.29 is 27.2 Å². The van der Waals surface area contributed by atoms with E-state index in [0.29, 0.717) is 23.2 Å². The summed E-state index contributed by atoms with van der Waals surface area (Å²) < 4.78 is 41.0. The van der Waals surface area contributed by atoms with Gasteiger partial charge in [-0.1, -0.05) is 81.4 Å². The summed E-state index contributed by atoms with van der Waals surface area (Å²) in [7, 11) is -4.28. The first kappa shape index (κ1) is 29.8. The number of oxazole rings is 1. The molecule has 216 valence electrons. The third kappa shape index (κ3) is 7.13. The van der Waals surface area contributed by atoms with Gasteiger partial charge in [0, 0.05) is 13.1 Å². The van der Waals surface area contributed by atoms with Crippen LogP contribution in [0.15, 0.2) is 89.3 Å².